The van der Waals surface area contributed by atoms with E-state index in [0.29, 0.717) is 22.5 Å². The normalized spacial score (nSPS) is 26.4. The van der Waals surface area contributed by atoms with Gasteiger partial charge >= 0.3 is 0 Å². The second kappa shape index (κ2) is 14.1. The molecule has 6 heteroatoms. The van der Waals surface area contributed by atoms with Gasteiger partial charge in [-0.3, -0.25) is 0 Å². The first kappa shape index (κ1) is 18.1. The van der Waals surface area contributed by atoms with Crippen LogP contribution in [0.25, 0.3) is 76.3 Å². The molecule has 1 saturated carbocycles. The highest BCUT2D eigenvalue weighted by molar-refractivity contribution is 7.26. The van der Waals surface area contributed by atoms with Gasteiger partial charge in [-0.15, -0.1) is 11.3 Å². The number of anilines is 2. The molecule has 3 aromatic heterocycles. The van der Waals surface area contributed by atoms with E-state index in [2.05, 4.69) is 0 Å². The largest absolute Gasteiger partial charge is 0.456 e. The second-order valence-electron chi connectivity index (χ2n) is 13.0. The van der Waals surface area contributed by atoms with Crippen molar-refractivity contribution in [1.82, 2.24) is 15.0 Å². The Balaban J connectivity index is 1.24. The topological polar surface area (TPSA) is 55.1 Å². The fourth-order valence-corrected chi connectivity index (χ4v) is 7.99. The molecule has 0 spiro atoms. The Hall–Kier alpha value is -6.63. The van der Waals surface area contributed by atoms with Crippen molar-refractivity contribution in [2.24, 2.45) is 0 Å². The summed E-state index contributed by atoms with van der Waals surface area (Å²) in [6.07, 6.45) is -7.99. The maximum atomic E-state index is 10.1. The van der Waals surface area contributed by atoms with Crippen LogP contribution in [0.4, 0.5) is 11.4 Å². The highest BCUT2D eigenvalue weighted by Crippen LogP contribution is 2.47. The van der Waals surface area contributed by atoms with Gasteiger partial charge in [0.15, 0.2) is 17.5 Å². The standard InChI is InChI=1S/C51H38N4OS/c1-4-14-33(15-5-1)34-26-28-37(29-27-34)55(43-23-12-21-40-39-20-10-11-25-46(39)57-48(40)43)38-30-31-41-45(32-38)56-44-24-13-22-42(47(41)44)51-53-49(35-16-6-2-7-17-35)52-50(54-51)36-18-8-3-9-19-36/h1-25,30-32,34,37H,26-29H2/i1D,4D,5D,10D,11D,12D,13D,14D,15D,20D,21D,22D,23D,24D,25D,26D,27D,28D,29D,30D,31D,32D. The molecular formula is C51H38N4OS. The summed E-state index contributed by atoms with van der Waals surface area (Å²) in [5.41, 5.74) is -2.00. The zero-order valence-corrected chi connectivity index (χ0v) is 30.2. The van der Waals surface area contributed by atoms with Crippen LogP contribution in [0, 0.1) is 0 Å². The highest BCUT2D eigenvalue weighted by atomic mass is 32.1. The molecule has 11 rings (SSSR count). The quantitative estimate of drug-likeness (QED) is 0.161. The van der Waals surface area contributed by atoms with Gasteiger partial charge in [0.2, 0.25) is 0 Å². The van der Waals surface area contributed by atoms with Gasteiger partial charge in [-0.1, -0.05) is 133 Å². The lowest BCUT2D eigenvalue weighted by molar-refractivity contribution is 0.392. The van der Waals surface area contributed by atoms with Crippen molar-refractivity contribution in [2.45, 2.75) is 37.5 Å². The number of rotatable bonds is 7. The Morgan fingerprint density at radius 2 is 1.26 bits per heavy atom. The van der Waals surface area contributed by atoms with Gasteiger partial charge < -0.3 is 9.32 Å². The van der Waals surface area contributed by atoms with Crippen LogP contribution in [-0.2, 0) is 0 Å². The van der Waals surface area contributed by atoms with Gasteiger partial charge in [0.25, 0.3) is 0 Å². The summed E-state index contributed by atoms with van der Waals surface area (Å²) in [5, 5.41) is -1.11. The smallest absolute Gasteiger partial charge is 0.164 e. The van der Waals surface area contributed by atoms with Crippen LogP contribution in [0.3, 0.4) is 0 Å². The zero-order valence-electron chi connectivity index (χ0n) is 51.3. The monoisotopic (exact) mass is 776 g/mol. The fraction of sp³-hybridized carbons (Fsp3) is 0.118. The van der Waals surface area contributed by atoms with Gasteiger partial charge in [0, 0.05) is 66.2 Å². The molecule has 1 aliphatic rings. The number of hydrogen-bond donors (Lipinski definition) is 0. The fourth-order valence-electron chi connectivity index (χ4n) is 6.93. The van der Waals surface area contributed by atoms with Gasteiger partial charge in [0.1, 0.15) is 11.2 Å². The maximum Gasteiger partial charge on any atom is 0.164 e. The van der Waals surface area contributed by atoms with Gasteiger partial charge in [-0.05, 0) is 67.3 Å². The van der Waals surface area contributed by atoms with Crippen LogP contribution in [-0.4, -0.2) is 21.0 Å². The molecule has 3 heterocycles. The Labute approximate surface area is 365 Å². The van der Waals surface area contributed by atoms with E-state index in [1.165, 1.54) is 0 Å². The number of fused-ring (bicyclic) bond motifs is 6. The van der Waals surface area contributed by atoms with Gasteiger partial charge in [0.05, 0.1) is 35.1 Å². The second-order valence-corrected chi connectivity index (χ2v) is 14.0. The lowest BCUT2D eigenvalue weighted by Gasteiger charge is -2.39. The molecule has 0 aliphatic heterocycles. The van der Waals surface area contributed by atoms with Crippen molar-refractivity contribution >= 4 is 64.8 Å². The molecule has 0 radical (unpaired) electrons. The third-order valence-corrected chi connectivity index (χ3v) is 10.7. The average Bonchev–Trinajstić information content (AvgIpc) is 3.80. The molecule has 7 aromatic carbocycles. The summed E-state index contributed by atoms with van der Waals surface area (Å²) in [6.45, 7) is 0. The van der Waals surface area contributed by atoms with Crippen molar-refractivity contribution in [3.63, 3.8) is 0 Å². The minimum Gasteiger partial charge on any atom is -0.456 e. The number of benzene rings is 7. The van der Waals surface area contributed by atoms with E-state index in [1.807, 2.05) is 0 Å². The lowest BCUT2D eigenvalue weighted by atomic mass is 9.81. The molecule has 274 valence electrons. The summed E-state index contributed by atoms with van der Waals surface area (Å²) in [5.74, 6) is -1.67. The number of furan rings is 1. The number of thiophene rings is 1. The molecule has 4 atom stereocenters. The van der Waals surface area contributed by atoms with Gasteiger partial charge in [-0.25, -0.2) is 15.0 Å². The van der Waals surface area contributed by atoms with Crippen molar-refractivity contribution < 1.29 is 34.6 Å². The van der Waals surface area contributed by atoms with Crippen LogP contribution in [0.2, 0.25) is 0 Å². The predicted octanol–water partition coefficient (Wildman–Crippen LogP) is 14.0. The van der Waals surface area contributed by atoms with E-state index in [9.17, 15) is 13.7 Å². The third-order valence-electron chi connectivity index (χ3n) is 9.56. The maximum absolute atomic E-state index is 10.1. The number of nitrogens with zero attached hydrogens (tertiary/aromatic N) is 4. The molecule has 0 saturated heterocycles. The molecule has 4 unspecified atom stereocenters. The van der Waals surface area contributed by atoms with E-state index < -0.39 is 174 Å². The van der Waals surface area contributed by atoms with E-state index in [4.69, 9.17) is 35.8 Å². The SMILES string of the molecule is [2H]c1c([2H])c([2H])c(C2C([2H])C([2H])C(N(c3c([2H])c([2H])c4c(oc5c([2H])c([2H])c([2H])c(-c6nc(-c7ccccc7)nc(-c7ccccc7)n6)c54)c3[2H])c3c([2H])c([2H])c([2H])c4c3sc3c([2H])c([2H])c([2H])c([2H])c34)C([2H])C2[2H])c([2H])c1[2H]. The summed E-state index contributed by atoms with van der Waals surface area (Å²) >= 11 is 0.634. The molecule has 5 nitrogen and oxygen atoms in total. The summed E-state index contributed by atoms with van der Waals surface area (Å²) in [4.78, 5) is 15.1. The Kier molecular flexibility index (Phi) is 4.49. The molecule has 0 N–H and O–H groups in total. The minimum absolute atomic E-state index is 0.133. The molecule has 1 aliphatic carbocycles. The number of hydrogen-bond acceptors (Lipinski definition) is 6. The molecule has 0 bridgehead atoms. The van der Waals surface area contributed by atoms with Gasteiger partial charge in [-0.2, -0.15) is 0 Å². The molecule has 1 fully saturated rings. The van der Waals surface area contributed by atoms with Crippen molar-refractivity contribution in [1.29, 1.82) is 0 Å². The average molecular weight is 777 g/mol. The highest BCUT2D eigenvalue weighted by Gasteiger charge is 2.30. The van der Waals surface area contributed by atoms with E-state index >= 15 is 0 Å². The van der Waals surface area contributed by atoms with E-state index in [1.54, 1.807) is 60.7 Å². The van der Waals surface area contributed by atoms with Crippen LogP contribution >= 0.6 is 11.3 Å². The van der Waals surface area contributed by atoms with Crippen molar-refractivity contribution in [3.05, 3.63) is 175 Å². The van der Waals surface area contributed by atoms with Crippen LogP contribution < -0.4 is 4.90 Å². The first-order valence-electron chi connectivity index (χ1n) is 29.0. The molecular weight excluding hydrogens is 717 g/mol. The third kappa shape index (κ3) is 6.05. The summed E-state index contributed by atoms with van der Waals surface area (Å²) < 4.78 is 207. The predicted molar refractivity (Wildman–Crippen MR) is 236 cm³/mol. The molecule has 57 heavy (non-hydrogen) atoms. The van der Waals surface area contributed by atoms with Crippen LogP contribution in [0.5, 0.6) is 0 Å². The lowest BCUT2D eigenvalue weighted by Crippen LogP contribution is -2.34. The van der Waals surface area contributed by atoms with Crippen molar-refractivity contribution in [3.8, 4) is 34.2 Å². The van der Waals surface area contributed by atoms with E-state index in [0.717, 1.165) is 4.90 Å². The van der Waals surface area contributed by atoms with E-state index in [-0.39, 0.29) is 54.0 Å². The Morgan fingerprint density at radius 3 is 2.02 bits per heavy atom. The first-order valence-corrected chi connectivity index (χ1v) is 18.5. The van der Waals surface area contributed by atoms with Crippen LogP contribution in [0.1, 0.15) is 67.2 Å². The molecule has 10 aromatic rings. The van der Waals surface area contributed by atoms with Crippen molar-refractivity contribution in [2.75, 3.05) is 4.90 Å². The Bertz CT molecular complexity index is 4150. The molecule has 0 amide bonds. The van der Waals surface area contributed by atoms with Crippen LogP contribution in [0.15, 0.2) is 174 Å². The zero-order chi connectivity index (χ0) is 56.9. The Morgan fingerprint density at radius 1 is 0.596 bits per heavy atom. The first-order chi connectivity index (χ1) is 37.4. The number of aromatic nitrogens is 3. The minimum atomic E-state index is -2.04. The summed E-state index contributed by atoms with van der Waals surface area (Å²) in [6, 6.07) is 2.23. The summed E-state index contributed by atoms with van der Waals surface area (Å²) in [7, 11) is 0.